The number of hydrogen-bond donors (Lipinski definition) is 1. The van der Waals surface area contributed by atoms with Crippen LogP contribution in [0.25, 0.3) is 11.2 Å². The third-order valence-electron chi connectivity index (χ3n) is 4.59. The second-order valence-electron chi connectivity index (χ2n) is 6.39. The fourth-order valence-corrected chi connectivity index (χ4v) is 3.06. The average Bonchev–Trinajstić information content (AvgIpc) is 2.75. The predicted octanol–water partition coefficient (Wildman–Crippen LogP) is 0.471. The molecule has 1 aromatic carbocycles. The zero-order valence-corrected chi connectivity index (χ0v) is 16.5. The Labute approximate surface area is 166 Å². The molecule has 0 bridgehead atoms. The topological polar surface area (TPSA) is 104 Å². The number of aromatic nitrogens is 3. The minimum absolute atomic E-state index is 0.261. The number of nitrogens with one attached hydrogen (secondary N) is 1. The fourth-order valence-electron chi connectivity index (χ4n) is 3.06. The van der Waals surface area contributed by atoms with Gasteiger partial charge >= 0.3 is 11.1 Å². The molecule has 0 aliphatic carbocycles. The van der Waals surface area contributed by atoms with Crippen molar-refractivity contribution < 1.29 is 14.3 Å². The summed E-state index contributed by atoms with van der Waals surface area (Å²) < 4.78 is 12.8. The lowest BCUT2D eigenvalue weighted by atomic mass is 10.1. The van der Waals surface area contributed by atoms with Crippen molar-refractivity contribution in [3.63, 3.8) is 0 Å². The van der Waals surface area contributed by atoms with Gasteiger partial charge in [-0.3, -0.25) is 23.5 Å². The molecule has 0 fully saturated rings. The van der Waals surface area contributed by atoms with E-state index in [-0.39, 0.29) is 12.5 Å². The second kappa shape index (κ2) is 8.59. The van der Waals surface area contributed by atoms with Crippen molar-refractivity contribution in [3.8, 4) is 11.5 Å². The van der Waals surface area contributed by atoms with Crippen LogP contribution >= 0.6 is 0 Å². The standard InChI is InChI=1S/C20H22N4O5/c1-23-18-14(5-4-9-22-18)24(20(27)19(23)26)12-17(25)21-10-8-13-6-7-15(28-2)16(11-13)29-3/h4-7,9,11H,8,10,12H2,1-3H3,(H,21,25). The maximum Gasteiger partial charge on any atom is 0.317 e. The van der Waals surface area contributed by atoms with E-state index in [9.17, 15) is 14.4 Å². The zero-order valence-electron chi connectivity index (χ0n) is 16.5. The van der Waals surface area contributed by atoms with E-state index in [4.69, 9.17) is 9.47 Å². The Hall–Kier alpha value is -3.62. The number of nitrogens with zero attached hydrogens (tertiary/aromatic N) is 3. The van der Waals surface area contributed by atoms with E-state index in [1.807, 2.05) is 12.1 Å². The number of aryl methyl sites for hydroxylation is 1. The number of methoxy groups -OCH3 is 2. The van der Waals surface area contributed by atoms with E-state index >= 15 is 0 Å². The molecule has 29 heavy (non-hydrogen) atoms. The minimum Gasteiger partial charge on any atom is -0.493 e. The third kappa shape index (κ3) is 4.13. The highest BCUT2D eigenvalue weighted by molar-refractivity contribution is 5.78. The molecular formula is C20H22N4O5. The van der Waals surface area contributed by atoms with E-state index in [1.54, 1.807) is 32.4 Å². The van der Waals surface area contributed by atoms with Gasteiger partial charge in [-0.2, -0.15) is 0 Å². The molecule has 0 aliphatic rings. The van der Waals surface area contributed by atoms with Crippen LogP contribution in [0.2, 0.25) is 0 Å². The summed E-state index contributed by atoms with van der Waals surface area (Å²) in [6.07, 6.45) is 2.10. The molecule has 0 spiro atoms. The Bertz CT molecular complexity index is 1170. The molecule has 152 valence electrons. The second-order valence-corrected chi connectivity index (χ2v) is 6.39. The molecule has 0 radical (unpaired) electrons. The van der Waals surface area contributed by atoms with Gasteiger partial charge in [-0.1, -0.05) is 6.07 Å². The summed E-state index contributed by atoms with van der Waals surface area (Å²) in [4.78, 5) is 41.0. The van der Waals surface area contributed by atoms with Gasteiger partial charge in [0.1, 0.15) is 6.54 Å². The van der Waals surface area contributed by atoms with Gasteiger partial charge < -0.3 is 14.8 Å². The largest absolute Gasteiger partial charge is 0.493 e. The number of rotatable bonds is 7. The normalized spacial score (nSPS) is 10.7. The summed E-state index contributed by atoms with van der Waals surface area (Å²) in [6, 6.07) is 8.83. The van der Waals surface area contributed by atoms with E-state index in [2.05, 4.69) is 10.3 Å². The number of carbonyl (C=O) groups is 1. The van der Waals surface area contributed by atoms with Crippen molar-refractivity contribution >= 4 is 17.1 Å². The molecule has 9 heteroatoms. The summed E-state index contributed by atoms with van der Waals surface area (Å²) in [5.74, 6) is 0.874. The Morgan fingerprint density at radius 2 is 1.86 bits per heavy atom. The molecule has 1 N–H and O–H groups in total. The molecule has 0 atom stereocenters. The third-order valence-corrected chi connectivity index (χ3v) is 4.59. The van der Waals surface area contributed by atoms with E-state index in [1.165, 1.54) is 17.8 Å². The number of hydrogen-bond acceptors (Lipinski definition) is 6. The first-order valence-corrected chi connectivity index (χ1v) is 8.98. The predicted molar refractivity (Wildman–Crippen MR) is 108 cm³/mol. The first-order valence-electron chi connectivity index (χ1n) is 8.98. The van der Waals surface area contributed by atoms with E-state index in [0.29, 0.717) is 35.6 Å². The van der Waals surface area contributed by atoms with Crippen molar-refractivity contribution in [2.75, 3.05) is 20.8 Å². The number of amides is 1. The SMILES string of the molecule is COc1ccc(CCNC(=O)Cn2c(=O)c(=O)n(C)c3ncccc32)cc1OC. The van der Waals surface area contributed by atoms with Gasteiger partial charge in [-0.25, -0.2) is 4.98 Å². The molecule has 0 aliphatic heterocycles. The van der Waals surface area contributed by atoms with Crippen LogP contribution in [0.5, 0.6) is 11.5 Å². The first kappa shape index (κ1) is 20.1. The van der Waals surface area contributed by atoms with Crippen molar-refractivity contribution in [1.82, 2.24) is 19.4 Å². The van der Waals surface area contributed by atoms with Crippen molar-refractivity contribution in [1.29, 1.82) is 0 Å². The molecule has 9 nitrogen and oxygen atoms in total. The quantitative estimate of drug-likeness (QED) is 0.580. The Morgan fingerprint density at radius 1 is 1.10 bits per heavy atom. The lowest BCUT2D eigenvalue weighted by Crippen LogP contribution is -2.43. The van der Waals surface area contributed by atoms with Crippen LogP contribution in [-0.4, -0.2) is 40.8 Å². The Kier molecular flexibility index (Phi) is 5.96. The van der Waals surface area contributed by atoms with Crippen molar-refractivity contribution in [3.05, 3.63) is 62.8 Å². The van der Waals surface area contributed by atoms with Gasteiger partial charge in [-0.15, -0.1) is 0 Å². The fraction of sp³-hybridized carbons (Fsp3) is 0.300. The Balaban J connectivity index is 1.71. The van der Waals surface area contributed by atoms with Gasteiger partial charge in [-0.05, 0) is 36.2 Å². The highest BCUT2D eigenvalue weighted by Gasteiger charge is 2.14. The van der Waals surface area contributed by atoms with Crippen LogP contribution in [0.4, 0.5) is 0 Å². The first-order chi connectivity index (χ1) is 14.0. The monoisotopic (exact) mass is 398 g/mol. The Morgan fingerprint density at radius 3 is 2.59 bits per heavy atom. The summed E-state index contributed by atoms with van der Waals surface area (Å²) >= 11 is 0. The van der Waals surface area contributed by atoms with Crippen LogP contribution in [-0.2, 0) is 24.8 Å². The van der Waals surface area contributed by atoms with Crippen molar-refractivity contribution in [2.45, 2.75) is 13.0 Å². The summed E-state index contributed by atoms with van der Waals surface area (Å²) in [7, 11) is 4.60. The number of fused-ring (bicyclic) bond motifs is 1. The smallest absolute Gasteiger partial charge is 0.317 e. The highest BCUT2D eigenvalue weighted by atomic mass is 16.5. The maximum absolute atomic E-state index is 12.4. The average molecular weight is 398 g/mol. The van der Waals surface area contributed by atoms with Gasteiger partial charge in [0, 0.05) is 19.8 Å². The van der Waals surface area contributed by atoms with Crippen LogP contribution < -0.4 is 25.9 Å². The molecule has 2 heterocycles. The number of carbonyl (C=O) groups excluding carboxylic acids is 1. The molecular weight excluding hydrogens is 376 g/mol. The summed E-state index contributed by atoms with van der Waals surface area (Å²) in [5, 5.41) is 2.77. The highest BCUT2D eigenvalue weighted by Crippen LogP contribution is 2.27. The molecule has 0 saturated carbocycles. The van der Waals surface area contributed by atoms with Crippen LogP contribution in [0, 0.1) is 0 Å². The molecule has 1 amide bonds. The number of benzene rings is 1. The molecule has 3 rings (SSSR count). The number of pyridine rings is 1. The minimum atomic E-state index is -0.761. The van der Waals surface area contributed by atoms with Crippen LogP contribution in [0.15, 0.2) is 46.1 Å². The number of ether oxygens (including phenoxy) is 2. The zero-order chi connectivity index (χ0) is 21.0. The van der Waals surface area contributed by atoms with Crippen LogP contribution in [0.3, 0.4) is 0 Å². The van der Waals surface area contributed by atoms with Gasteiger partial charge in [0.15, 0.2) is 17.1 Å². The molecule has 2 aromatic heterocycles. The van der Waals surface area contributed by atoms with Crippen LogP contribution in [0.1, 0.15) is 5.56 Å². The maximum atomic E-state index is 12.4. The van der Waals surface area contributed by atoms with Gasteiger partial charge in [0.25, 0.3) is 0 Å². The molecule has 0 saturated heterocycles. The lowest BCUT2D eigenvalue weighted by Gasteiger charge is -2.12. The van der Waals surface area contributed by atoms with Gasteiger partial charge in [0.05, 0.1) is 19.7 Å². The lowest BCUT2D eigenvalue weighted by molar-refractivity contribution is -0.121. The van der Waals surface area contributed by atoms with Crippen molar-refractivity contribution in [2.24, 2.45) is 7.05 Å². The molecule has 3 aromatic rings. The summed E-state index contributed by atoms with van der Waals surface area (Å²) in [6.45, 7) is 0.104. The van der Waals surface area contributed by atoms with E-state index in [0.717, 1.165) is 10.1 Å². The molecule has 0 unspecified atom stereocenters. The van der Waals surface area contributed by atoms with E-state index < -0.39 is 11.1 Å². The van der Waals surface area contributed by atoms with Gasteiger partial charge in [0.2, 0.25) is 5.91 Å². The summed E-state index contributed by atoms with van der Waals surface area (Å²) in [5.41, 5.74) is 0.241.